The summed E-state index contributed by atoms with van der Waals surface area (Å²) in [6.07, 6.45) is 8.82. The minimum atomic E-state index is -0.820. The number of hydrogen-bond acceptors (Lipinski definition) is 3. The van der Waals surface area contributed by atoms with Crippen molar-refractivity contribution in [3.05, 3.63) is 83.7 Å². The lowest BCUT2D eigenvalue weighted by Crippen LogP contribution is -2.38. The third-order valence-corrected chi connectivity index (χ3v) is 5.13. The van der Waals surface area contributed by atoms with E-state index in [2.05, 4.69) is 14.5 Å². The van der Waals surface area contributed by atoms with Gasteiger partial charge in [-0.1, -0.05) is 6.07 Å². The average Bonchev–Trinajstić information content (AvgIpc) is 3.16. The first-order valence-electron chi connectivity index (χ1n) is 9.26. The Morgan fingerprint density at radius 1 is 1.14 bits per heavy atom. The normalized spacial score (nSPS) is 15.0. The Morgan fingerprint density at radius 2 is 1.96 bits per heavy atom. The highest BCUT2D eigenvalue weighted by atomic mass is 19.1. The van der Waals surface area contributed by atoms with E-state index in [1.807, 2.05) is 24.5 Å². The van der Waals surface area contributed by atoms with Crippen LogP contribution in [0.4, 0.5) is 8.78 Å². The number of carbonyl (C=O) groups excluding carboxylic acids is 1. The lowest BCUT2D eigenvalue weighted by Gasteiger charge is -2.32. The van der Waals surface area contributed by atoms with Crippen LogP contribution in [-0.2, 0) is 6.54 Å². The number of benzene rings is 1. The molecule has 0 bridgehead atoms. The molecule has 7 heteroatoms. The fourth-order valence-electron chi connectivity index (χ4n) is 3.68. The molecule has 1 amide bonds. The Bertz CT molecular complexity index is 966. The number of nitrogens with zero attached hydrogens (tertiary/aromatic N) is 4. The lowest BCUT2D eigenvalue weighted by atomic mass is 9.95. The molecule has 0 spiro atoms. The van der Waals surface area contributed by atoms with Gasteiger partial charge in [0.25, 0.3) is 5.91 Å². The number of rotatable bonds is 4. The lowest BCUT2D eigenvalue weighted by molar-refractivity contribution is 0.0705. The fourth-order valence-corrected chi connectivity index (χ4v) is 3.68. The first-order valence-corrected chi connectivity index (χ1v) is 9.26. The molecule has 0 radical (unpaired) electrons. The van der Waals surface area contributed by atoms with Gasteiger partial charge in [0.1, 0.15) is 17.5 Å². The highest BCUT2D eigenvalue weighted by Crippen LogP contribution is 2.28. The topological polar surface area (TPSA) is 51.0 Å². The summed E-state index contributed by atoms with van der Waals surface area (Å²) in [6, 6.07) is 6.99. The zero-order valence-corrected chi connectivity index (χ0v) is 15.3. The molecule has 4 rings (SSSR count). The van der Waals surface area contributed by atoms with E-state index in [0.29, 0.717) is 19.6 Å². The molecular formula is C21H20F2N4O. The van der Waals surface area contributed by atoms with Crippen molar-refractivity contribution in [1.82, 2.24) is 19.4 Å². The number of aromatic nitrogens is 3. The summed E-state index contributed by atoms with van der Waals surface area (Å²) in [7, 11) is 0. The number of hydrogen-bond donors (Lipinski definition) is 0. The third kappa shape index (κ3) is 3.78. The first-order chi connectivity index (χ1) is 13.6. The van der Waals surface area contributed by atoms with Gasteiger partial charge in [-0.25, -0.2) is 13.8 Å². The molecule has 0 N–H and O–H groups in total. The summed E-state index contributed by atoms with van der Waals surface area (Å²) in [4.78, 5) is 22.9. The summed E-state index contributed by atoms with van der Waals surface area (Å²) in [5.74, 6) is -0.681. The van der Waals surface area contributed by atoms with E-state index in [9.17, 15) is 13.6 Å². The van der Waals surface area contributed by atoms with Crippen molar-refractivity contribution in [2.45, 2.75) is 25.3 Å². The number of pyridine rings is 1. The van der Waals surface area contributed by atoms with Gasteiger partial charge in [0.15, 0.2) is 0 Å². The molecule has 144 valence electrons. The first kappa shape index (κ1) is 18.3. The van der Waals surface area contributed by atoms with Crippen molar-refractivity contribution in [3.8, 4) is 0 Å². The summed E-state index contributed by atoms with van der Waals surface area (Å²) in [6.45, 7) is 1.73. The summed E-state index contributed by atoms with van der Waals surface area (Å²) >= 11 is 0. The van der Waals surface area contributed by atoms with Crippen LogP contribution in [0.25, 0.3) is 0 Å². The number of piperidine rings is 1. The molecule has 1 aliphatic rings. The van der Waals surface area contributed by atoms with Crippen LogP contribution in [0.2, 0.25) is 0 Å². The van der Waals surface area contributed by atoms with Gasteiger partial charge < -0.3 is 9.47 Å². The molecule has 0 unspecified atom stereocenters. The Kier molecular flexibility index (Phi) is 5.14. The number of likely N-dealkylation sites (tertiary alicyclic amines) is 1. The molecule has 0 atom stereocenters. The SMILES string of the molecule is O=C(c1ccc(F)cc1F)N1CCC(c2nccn2Cc2cccnc2)CC1. The average molecular weight is 382 g/mol. The molecule has 1 saturated heterocycles. The number of amides is 1. The van der Waals surface area contributed by atoms with Gasteiger partial charge in [0.2, 0.25) is 0 Å². The predicted molar refractivity (Wildman–Crippen MR) is 99.8 cm³/mol. The van der Waals surface area contributed by atoms with E-state index in [1.54, 1.807) is 17.3 Å². The molecule has 1 aromatic carbocycles. The maximum atomic E-state index is 13.9. The second-order valence-corrected chi connectivity index (χ2v) is 6.97. The maximum absolute atomic E-state index is 13.9. The van der Waals surface area contributed by atoms with Crippen LogP contribution in [0.1, 0.15) is 40.5 Å². The molecule has 3 aromatic rings. The molecule has 1 aliphatic heterocycles. The van der Waals surface area contributed by atoms with Crippen LogP contribution >= 0.6 is 0 Å². The van der Waals surface area contributed by atoms with Crippen molar-refractivity contribution < 1.29 is 13.6 Å². The summed E-state index contributed by atoms with van der Waals surface area (Å²) in [5, 5.41) is 0. The molecule has 1 fully saturated rings. The highest BCUT2D eigenvalue weighted by molar-refractivity contribution is 5.94. The Hall–Kier alpha value is -3.09. The van der Waals surface area contributed by atoms with Crippen molar-refractivity contribution in [2.75, 3.05) is 13.1 Å². The fraction of sp³-hybridized carbons (Fsp3) is 0.286. The van der Waals surface area contributed by atoms with Gasteiger partial charge in [0.05, 0.1) is 12.1 Å². The molecule has 2 aromatic heterocycles. The second kappa shape index (κ2) is 7.88. The Balaban J connectivity index is 1.42. The zero-order valence-electron chi connectivity index (χ0n) is 15.3. The smallest absolute Gasteiger partial charge is 0.256 e. The van der Waals surface area contributed by atoms with Gasteiger partial charge in [-0.2, -0.15) is 0 Å². The summed E-state index contributed by atoms with van der Waals surface area (Å²) in [5.41, 5.74) is 1.01. The monoisotopic (exact) mass is 382 g/mol. The van der Waals surface area contributed by atoms with Gasteiger partial charge in [-0.3, -0.25) is 9.78 Å². The number of carbonyl (C=O) groups is 1. The van der Waals surface area contributed by atoms with Gasteiger partial charge in [-0.15, -0.1) is 0 Å². The van der Waals surface area contributed by atoms with Crippen molar-refractivity contribution in [2.24, 2.45) is 0 Å². The van der Waals surface area contributed by atoms with Crippen molar-refractivity contribution in [3.63, 3.8) is 0 Å². The Morgan fingerprint density at radius 3 is 2.68 bits per heavy atom. The van der Waals surface area contributed by atoms with Gasteiger partial charge in [0, 0.05) is 49.9 Å². The standard InChI is InChI=1S/C21H20F2N4O/c22-17-3-4-18(19(23)12-17)21(28)26-9-5-16(6-10-26)20-25-8-11-27(20)14-15-2-1-7-24-13-15/h1-4,7-8,11-13,16H,5-6,9-10,14H2. The van der Waals surface area contributed by atoms with Crippen LogP contribution in [-0.4, -0.2) is 38.4 Å². The molecule has 5 nitrogen and oxygen atoms in total. The highest BCUT2D eigenvalue weighted by Gasteiger charge is 2.28. The van der Waals surface area contributed by atoms with Crippen LogP contribution in [0, 0.1) is 11.6 Å². The van der Waals surface area contributed by atoms with E-state index in [-0.39, 0.29) is 11.5 Å². The Labute approximate surface area is 161 Å². The van der Waals surface area contributed by atoms with Crippen LogP contribution in [0.15, 0.2) is 55.1 Å². The predicted octanol–water partition coefficient (Wildman–Crippen LogP) is 3.62. The molecular weight excluding hydrogens is 362 g/mol. The molecule has 3 heterocycles. The molecule has 28 heavy (non-hydrogen) atoms. The zero-order chi connectivity index (χ0) is 19.5. The quantitative estimate of drug-likeness (QED) is 0.693. The van der Waals surface area contributed by atoms with Crippen LogP contribution in [0.3, 0.4) is 0 Å². The largest absolute Gasteiger partial charge is 0.339 e. The van der Waals surface area contributed by atoms with Crippen LogP contribution < -0.4 is 0 Å². The maximum Gasteiger partial charge on any atom is 0.256 e. The summed E-state index contributed by atoms with van der Waals surface area (Å²) < 4.78 is 29.1. The van der Waals surface area contributed by atoms with E-state index < -0.39 is 17.5 Å². The van der Waals surface area contributed by atoms with E-state index >= 15 is 0 Å². The number of imidazole rings is 1. The van der Waals surface area contributed by atoms with E-state index in [4.69, 9.17) is 0 Å². The second-order valence-electron chi connectivity index (χ2n) is 6.97. The van der Waals surface area contributed by atoms with Crippen molar-refractivity contribution >= 4 is 5.91 Å². The van der Waals surface area contributed by atoms with Gasteiger partial charge in [-0.05, 0) is 36.6 Å². The molecule has 0 aliphatic carbocycles. The van der Waals surface area contributed by atoms with Crippen molar-refractivity contribution in [1.29, 1.82) is 0 Å². The van der Waals surface area contributed by atoms with Crippen LogP contribution in [0.5, 0.6) is 0 Å². The van der Waals surface area contributed by atoms with E-state index in [0.717, 1.165) is 36.4 Å². The minimum Gasteiger partial charge on any atom is -0.339 e. The minimum absolute atomic E-state index is 0.0853. The third-order valence-electron chi connectivity index (χ3n) is 5.13. The molecule has 0 saturated carbocycles. The number of halogens is 2. The van der Waals surface area contributed by atoms with Gasteiger partial charge >= 0.3 is 0 Å². The van der Waals surface area contributed by atoms with E-state index in [1.165, 1.54) is 6.07 Å².